The average Bonchev–Trinajstić information content (AvgIpc) is 2.43. The SMILES string of the molecule is O=C(O)Cc1ccc(NC(=O)c2cccc(Cl)c2Cl)cn1. The van der Waals surface area contributed by atoms with Crippen LogP contribution in [-0.4, -0.2) is 22.0 Å². The molecule has 0 aliphatic rings. The molecule has 2 aromatic rings. The number of carboxylic acids is 1. The smallest absolute Gasteiger partial charge is 0.309 e. The molecule has 0 unspecified atom stereocenters. The van der Waals surface area contributed by atoms with E-state index in [1.54, 1.807) is 24.3 Å². The lowest BCUT2D eigenvalue weighted by Crippen LogP contribution is -2.13. The average molecular weight is 325 g/mol. The van der Waals surface area contributed by atoms with Gasteiger partial charge in [-0.25, -0.2) is 0 Å². The van der Waals surface area contributed by atoms with Gasteiger partial charge in [0.05, 0.1) is 39.6 Å². The van der Waals surface area contributed by atoms with Crippen molar-refractivity contribution in [1.82, 2.24) is 4.98 Å². The molecular formula is C14H10Cl2N2O3. The third-order valence-electron chi connectivity index (χ3n) is 2.61. The highest BCUT2D eigenvalue weighted by atomic mass is 35.5. The molecule has 0 saturated carbocycles. The highest BCUT2D eigenvalue weighted by Gasteiger charge is 2.13. The Balaban J connectivity index is 2.12. The fraction of sp³-hybridized carbons (Fsp3) is 0.0714. The first-order valence-electron chi connectivity index (χ1n) is 5.89. The third kappa shape index (κ3) is 3.93. The molecule has 7 heteroatoms. The van der Waals surface area contributed by atoms with Crippen LogP contribution in [0.4, 0.5) is 5.69 Å². The van der Waals surface area contributed by atoms with Gasteiger partial charge >= 0.3 is 5.97 Å². The van der Waals surface area contributed by atoms with Crippen molar-refractivity contribution < 1.29 is 14.7 Å². The van der Waals surface area contributed by atoms with E-state index >= 15 is 0 Å². The first kappa shape index (κ1) is 15.3. The summed E-state index contributed by atoms with van der Waals surface area (Å²) in [6, 6.07) is 7.86. The van der Waals surface area contributed by atoms with Crippen molar-refractivity contribution in [3.05, 3.63) is 57.8 Å². The Kier molecular flexibility index (Phi) is 4.77. The van der Waals surface area contributed by atoms with Gasteiger partial charge in [-0.2, -0.15) is 0 Å². The van der Waals surface area contributed by atoms with Gasteiger partial charge in [-0.15, -0.1) is 0 Å². The molecule has 1 heterocycles. The molecule has 2 rings (SSSR count). The van der Waals surface area contributed by atoms with Gasteiger partial charge in [0.2, 0.25) is 0 Å². The standard InChI is InChI=1S/C14H10Cl2N2O3/c15-11-3-1-2-10(13(11)16)14(21)18-9-5-4-8(17-7-9)6-12(19)20/h1-5,7H,6H2,(H,18,21)(H,19,20). The second-order valence-corrected chi connectivity index (χ2v) is 4.95. The van der Waals surface area contributed by atoms with Crippen LogP contribution in [0.15, 0.2) is 36.5 Å². The number of amides is 1. The van der Waals surface area contributed by atoms with Gasteiger partial charge in [0, 0.05) is 0 Å². The number of aliphatic carboxylic acids is 1. The molecule has 0 saturated heterocycles. The number of aromatic nitrogens is 1. The fourth-order valence-corrected chi connectivity index (χ4v) is 2.02. The lowest BCUT2D eigenvalue weighted by molar-refractivity contribution is -0.136. The number of benzene rings is 1. The van der Waals surface area contributed by atoms with Gasteiger partial charge in [-0.1, -0.05) is 29.3 Å². The Morgan fingerprint density at radius 1 is 1.19 bits per heavy atom. The first-order chi connectivity index (χ1) is 9.97. The quantitative estimate of drug-likeness (QED) is 0.904. The predicted molar refractivity (Wildman–Crippen MR) is 80.0 cm³/mol. The maximum Gasteiger partial charge on any atom is 0.309 e. The maximum atomic E-state index is 12.1. The molecule has 0 bridgehead atoms. The van der Waals surface area contributed by atoms with E-state index in [-0.39, 0.29) is 17.0 Å². The van der Waals surface area contributed by atoms with Crippen molar-refractivity contribution in [3.8, 4) is 0 Å². The van der Waals surface area contributed by atoms with Gasteiger partial charge < -0.3 is 10.4 Å². The van der Waals surface area contributed by atoms with Crippen LogP contribution in [0.1, 0.15) is 16.1 Å². The number of rotatable bonds is 4. The van der Waals surface area contributed by atoms with Gasteiger partial charge in [0.15, 0.2) is 0 Å². The lowest BCUT2D eigenvalue weighted by Gasteiger charge is -2.07. The summed E-state index contributed by atoms with van der Waals surface area (Å²) in [5, 5.41) is 11.7. The molecule has 0 aliphatic heterocycles. The van der Waals surface area contributed by atoms with E-state index in [2.05, 4.69) is 10.3 Å². The fourth-order valence-electron chi connectivity index (χ4n) is 1.64. The zero-order valence-electron chi connectivity index (χ0n) is 10.6. The van der Waals surface area contributed by atoms with E-state index in [1.165, 1.54) is 12.3 Å². The Morgan fingerprint density at radius 2 is 1.95 bits per heavy atom. The molecule has 2 N–H and O–H groups in total. The van der Waals surface area contributed by atoms with Crippen molar-refractivity contribution in [2.75, 3.05) is 5.32 Å². The monoisotopic (exact) mass is 324 g/mol. The number of carbonyl (C=O) groups is 2. The summed E-state index contributed by atoms with van der Waals surface area (Å²) in [7, 11) is 0. The minimum Gasteiger partial charge on any atom is -0.481 e. The van der Waals surface area contributed by atoms with Crippen molar-refractivity contribution in [2.45, 2.75) is 6.42 Å². The minimum absolute atomic E-state index is 0.172. The van der Waals surface area contributed by atoms with Crippen LogP contribution in [0.2, 0.25) is 10.0 Å². The molecule has 0 atom stereocenters. The van der Waals surface area contributed by atoms with Crippen molar-refractivity contribution in [1.29, 1.82) is 0 Å². The second kappa shape index (κ2) is 6.56. The maximum absolute atomic E-state index is 12.1. The molecule has 21 heavy (non-hydrogen) atoms. The highest BCUT2D eigenvalue weighted by Crippen LogP contribution is 2.26. The molecular weight excluding hydrogens is 315 g/mol. The molecule has 5 nitrogen and oxygen atoms in total. The number of hydrogen-bond acceptors (Lipinski definition) is 3. The topological polar surface area (TPSA) is 79.3 Å². The summed E-state index contributed by atoms with van der Waals surface area (Å²) in [5.41, 5.74) is 1.09. The van der Waals surface area contributed by atoms with Gasteiger partial charge in [-0.3, -0.25) is 14.6 Å². The molecule has 0 aliphatic carbocycles. The number of hydrogen-bond donors (Lipinski definition) is 2. The van der Waals surface area contributed by atoms with E-state index in [0.717, 1.165) is 0 Å². The molecule has 1 aromatic heterocycles. The number of anilines is 1. The first-order valence-corrected chi connectivity index (χ1v) is 6.65. The number of nitrogens with zero attached hydrogens (tertiary/aromatic N) is 1. The summed E-state index contributed by atoms with van der Waals surface area (Å²) in [5.74, 6) is -1.39. The molecule has 0 fully saturated rings. The van der Waals surface area contributed by atoms with Crippen molar-refractivity contribution in [3.63, 3.8) is 0 Å². The number of pyridine rings is 1. The number of nitrogens with one attached hydrogen (secondary N) is 1. The van der Waals surface area contributed by atoms with Gasteiger partial charge in [0.25, 0.3) is 5.91 Å². The predicted octanol–water partition coefficient (Wildman–Crippen LogP) is 3.27. The van der Waals surface area contributed by atoms with Crippen molar-refractivity contribution in [2.24, 2.45) is 0 Å². The Bertz CT molecular complexity index is 687. The zero-order chi connectivity index (χ0) is 15.4. The van der Waals surface area contributed by atoms with Crippen LogP contribution in [0.5, 0.6) is 0 Å². The van der Waals surface area contributed by atoms with E-state index in [9.17, 15) is 9.59 Å². The summed E-state index contributed by atoms with van der Waals surface area (Å²) in [6.07, 6.45) is 1.21. The Labute approximate surface area is 130 Å². The third-order valence-corrected chi connectivity index (χ3v) is 3.43. The highest BCUT2D eigenvalue weighted by molar-refractivity contribution is 6.44. The zero-order valence-corrected chi connectivity index (χ0v) is 12.1. The van der Waals surface area contributed by atoms with E-state index in [1.807, 2.05) is 0 Å². The van der Waals surface area contributed by atoms with E-state index < -0.39 is 11.9 Å². The second-order valence-electron chi connectivity index (χ2n) is 4.16. The number of carboxylic acid groups (broad SMARTS) is 1. The minimum atomic E-state index is -0.968. The summed E-state index contributed by atoms with van der Waals surface area (Å²) < 4.78 is 0. The number of halogens is 2. The summed E-state index contributed by atoms with van der Waals surface area (Å²) in [4.78, 5) is 26.6. The van der Waals surface area contributed by atoms with E-state index in [4.69, 9.17) is 28.3 Å². The Morgan fingerprint density at radius 3 is 2.57 bits per heavy atom. The Hall–Kier alpha value is -2.11. The normalized spacial score (nSPS) is 10.2. The molecule has 1 aromatic carbocycles. The van der Waals surface area contributed by atoms with Crippen LogP contribution in [0, 0.1) is 0 Å². The molecule has 108 valence electrons. The van der Waals surface area contributed by atoms with Crippen LogP contribution >= 0.6 is 23.2 Å². The van der Waals surface area contributed by atoms with Crippen molar-refractivity contribution >= 4 is 40.8 Å². The summed E-state index contributed by atoms with van der Waals surface area (Å²) >= 11 is 11.8. The number of carbonyl (C=O) groups excluding carboxylic acids is 1. The summed E-state index contributed by atoms with van der Waals surface area (Å²) in [6.45, 7) is 0. The molecule has 0 spiro atoms. The van der Waals surface area contributed by atoms with Gasteiger partial charge in [0.1, 0.15) is 0 Å². The van der Waals surface area contributed by atoms with Crippen LogP contribution in [0.3, 0.4) is 0 Å². The van der Waals surface area contributed by atoms with Crippen LogP contribution in [-0.2, 0) is 11.2 Å². The lowest BCUT2D eigenvalue weighted by atomic mass is 10.2. The van der Waals surface area contributed by atoms with Crippen LogP contribution in [0.25, 0.3) is 0 Å². The molecule has 1 amide bonds. The van der Waals surface area contributed by atoms with Crippen LogP contribution < -0.4 is 5.32 Å². The largest absolute Gasteiger partial charge is 0.481 e. The van der Waals surface area contributed by atoms with Gasteiger partial charge in [-0.05, 0) is 24.3 Å². The molecule has 0 radical (unpaired) electrons. The van der Waals surface area contributed by atoms with E-state index in [0.29, 0.717) is 16.4 Å².